The summed E-state index contributed by atoms with van der Waals surface area (Å²) in [4.78, 5) is 0. The minimum Gasteiger partial charge on any atom is -0.435 e. The van der Waals surface area contributed by atoms with Crippen LogP contribution in [0.2, 0.25) is 0 Å². The van der Waals surface area contributed by atoms with Gasteiger partial charge in [0, 0.05) is 19.1 Å². The quantitative estimate of drug-likeness (QED) is 0.714. The predicted molar refractivity (Wildman–Crippen MR) is 72.3 cm³/mol. The maximum Gasteiger partial charge on any atom is 0.387 e. The molecule has 0 radical (unpaired) electrons. The molecule has 1 rings (SSSR count). The molecule has 0 bridgehead atoms. The van der Waals surface area contributed by atoms with Crippen LogP contribution in [0.5, 0.6) is 5.75 Å². The zero-order valence-corrected chi connectivity index (χ0v) is 12.1. The van der Waals surface area contributed by atoms with Gasteiger partial charge in [0.2, 0.25) is 10.0 Å². The number of ether oxygens (including phenoxy) is 1. The SMILES string of the molecule is CC(NCCNS(C)(=O)=O)c1ccc(OC(F)F)cc1. The summed E-state index contributed by atoms with van der Waals surface area (Å²) in [6.45, 7) is -0.193. The van der Waals surface area contributed by atoms with Gasteiger partial charge in [0.15, 0.2) is 0 Å². The van der Waals surface area contributed by atoms with Gasteiger partial charge in [0.05, 0.1) is 6.26 Å². The molecule has 114 valence electrons. The zero-order chi connectivity index (χ0) is 15.2. The summed E-state index contributed by atoms with van der Waals surface area (Å²) in [6, 6.07) is 6.26. The molecule has 0 saturated carbocycles. The van der Waals surface area contributed by atoms with E-state index in [9.17, 15) is 17.2 Å². The van der Waals surface area contributed by atoms with Crippen LogP contribution in [-0.2, 0) is 10.0 Å². The Hall–Kier alpha value is -1.25. The first kappa shape index (κ1) is 16.8. The molecule has 1 atom stereocenters. The van der Waals surface area contributed by atoms with E-state index in [-0.39, 0.29) is 18.3 Å². The van der Waals surface area contributed by atoms with Crippen LogP contribution in [0.3, 0.4) is 0 Å². The highest BCUT2D eigenvalue weighted by Gasteiger charge is 2.07. The lowest BCUT2D eigenvalue weighted by molar-refractivity contribution is -0.0498. The van der Waals surface area contributed by atoms with Crippen LogP contribution in [0.1, 0.15) is 18.5 Å². The Bertz CT molecular complexity index is 506. The molecule has 0 aliphatic rings. The average molecular weight is 308 g/mol. The lowest BCUT2D eigenvalue weighted by Crippen LogP contribution is -2.32. The van der Waals surface area contributed by atoms with Crippen molar-refractivity contribution < 1.29 is 21.9 Å². The molecular weight excluding hydrogens is 290 g/mol. The first-order valence-electron chi connectivity index (χ1n) is 6.01. The third-order valence-corrected chi connectivity index (χ3v) is 3.27. The van der Waals surface area contributed by atoms with E-state index in [2.05, 4.69) is 14.8 Å². The minimum atomic E-state index is -3.18. The monoisotopic (exact) mass is 308 g/mol. The Balaban J connectivity index is 2.41. The van der Waals surface area contributed by atoms with Gasteiger partial charge in [-0.3, -0.25) is 0 Å². The van der Waals surface area contributed by atoms with E-state index in [1.807, 2.05) is 6.92 Å². The summed E-state index contributed by atoms with van der Waals surface area (Å²) in [5.74, 6) is 0.106. The van der Waals surface area contributed by atoms with Crippen molar-refractivity contribution in [1.29, 1.82) is 0 Å². The number of rotatable bonds is 8. The highest BCUT2D eigenvalue weighted by atomic mass is 32.2. The highest BCUT2D eigenvalue weighted by molar-refractivity contribution is 7.88. The fourth-order valence-electron chi connectivity index (χ4n) is 1.58. The van der Waals surface area contributed by atoms with Crippen LogP contribution in [0, 0.1) is 0 Å². The predicted octanol–water partition coefficient (Wildman–Crippen LogP) is 1.49. The highest BCUT2D eigenvalue weighted by Crippen LogP contribution is 2.18. The van der Waals surface area contributed by atoms with Crippen molar-refractivity contribution in [2.45, 2.75) is 19.6 Å². The summed E-state index contributed by atoms with van der Waals surface area (Å²) in [5.41, 5.74) is 0.894. The summed E-state index contributed by atoms with van der Waals surface area (Å²) >= 11 is 0. The molecule has 0 saturated heterocycles. The van der Waals surface area contributed by atoms with E-state index in [1.165, 1.54) is 12.1 Å². The van der Waals surface area contributed by atoms with E-state index in [4.69, 9.17) is 0 Å². The number of sulfonamides is 1. The van der Waals surface area contributed by atoms with Crippen molar-refractivity contribution in [3.63, 3.8) is 0 Å². The van der Waals surface area contributed by atoms with Crippen LogP contribution in [0.4, 0.5) is 8.78 Å². The molecule has 20 heavy (non-hydrogen) atoms. The van der Waals surface area contributed by atoms with Gasteiger partial charge in [-0.05, 0) is 24.6 Å². The van der Waals surface area contributed by atoms with Crippen LogP contribution in [0.15, 0.2) is 24.3 Å². The second kappa shape index (κ2) is 7.51. The number of nitrogens with one attached hydrogen (secondary N) is 2. The van der Waals surface area contributed by atoms with Gasteiger partial charge in [-0.2, -0.15) is 8.78 Å². The summed E-state index contributed by atoms with van der Waals surface area (Å²) in [5, 5.41) is 3.12. The zero-order valence-electron chi connectivity index (χ0n) is 11.3. The summed E-state index contributed by atoms with van der Waals surface area (Å²) in [7, 11) is -3.18. The maximum absolute atomic E-state index is 12.0. The molecular formula is C12H18F2N2O3S. The molecule has 5 nitrogen and oxygen atoms in total. The van der Waals surface area contributed by atoms with Gasteiger partial charge < -0.3 is 10.1 Å². The number of halogens is 2. The number of alkyl halides is 2. The van der Waals surface area contributed by atoms with Crippen molar-refractivity contribution in [1.82, 2.24) is 10.0 Å². The van der Waals surface area contributed by atoms with E-state index in [0.29, 0.717) is 6.54 Å². The van der Waals surface area contributed by atoms with Gasteiger partial charge in [0.25, 0.3) is 0 Å². The van der Waals surface area contributed by atoms with Crippen molar-refractivity contribution in [3.05, 3.63) is 29.8 Å². The van der Waals surface area contributed by atoms with Crippen molar-refractivity contribution in [2.24, 2.45) is 0 Å². The third-order valence-electron chi connectivity index (χ3n) is 2.55. The standard InChI is InChI=1S/C12H18F2N2O3S/c1-9(15-7-8-16-20(2,17)18)10-3-5-11(6-4-10)19-12(13)14/h3-6,9,12,15-16H,7-8H2,1-2H3. The van der Waals surface area contributed by atoms with E-state index in [1.54, 1.807) is 12.1 Å². The second-order valence-electron chi connectivity index (χ2n) is 4.29. The molecule has 0 heterocycles. The lowest BCUT2D eigenvalue weighted by Gasteiger charge is -2.15. The molecule has 0 aliphatic heterocycles. The van der Waals surface area contributed by atoms with Gasteiger partial charge in [0.1, 0.15) is 5.75 Å². The molecule has 8 heteroatoms. The average Bonchev–Trinajstić information content (AvgIpc) is 2.33. The molecule has 0 amide bonds. The molecule has 1 unspecified atom stereocenters. The van der Waals surface area contributed by atoms with Crippen LogP contribution >= 0.6 is 0 Å². The summed E-state index contributed by atoms with van der Waals surface area (Å²) in [6.07, 6.45) is 1.10. The fraction of sp³-hybridized carbons (Fsp3) is 0.500. The van der Waals surface area contributed by atoms with Gasteiger partial charge in [-0.15, -0.1) is 0 Å². The Morgan fingerprint density at radius 3 is 2.30 bits per heavy atom. The van der Waals surface area contributed by atoms with Gasteiger partial charge in [-0.1, -0.05) is 12.1 Å². The van der Waals surface area contributed by atoms with Crippen molar-refractivity contribution >= 4 is 10.0 Å². The molecule has 0 aliphatic carbocycles. The van der Waals surface area contributed by atoms with Crippen molar-refractivity contribution in [3.8, 4) is 5.75 Å². The molecule has 0 aromatic heterocycles. The second-order valence-corrected chi connectivity index (χ2v) is 6.12. The first-order chi connectivity index (χ1) is 9.28. The summed E-state index contributed by atoms with van der Waals surface area (Å²) < 4.78 is 52.3. The molecule has 1 aromatic carbocycles. The minimum absolute atomic E-state index is 0.0306. The Morgan fingerprint density at radius 2 is 1.80 bits per heavy atom. The Labute approximate surface area is 117 Å². The van der Waals surface area contributed by atoms with E-state index >= 15 is 0 Å². The van der Waals surface area contributed by atoms with E-state index < -0.39 is 16.6 Å². The van der Waals surface area contributed by atoms with Crippen LogP contribution < -0.4 is 14.8 Å². The number of hydrogen-bond acceptors (Lipinski definition) is 4. The van der Waals surface area contributed by atoms with Crippen molar-refractivity contribution in [2.75, 3.05) is 19.3 Å². The van der Waals surface area contributed by atoms with Gasteiger partial charge in [-0.25, -0.2) is 13.1 Å². The van der Waals surface area contributed by atoms with Gasteiger partial charge >= 0.3 is 6.61 Å². The third kappa shape index (κ3) is 6.78. The van der Waals surface area contributed by atoms with Crippen LogP contribution in [-0.4, -0.2) is 34.4 Å². The normalized spacial score (nSPS) is 13.4. The first-order valence-corrected chi connectivity index (χ1v) is 7.90. The van der Waals surface area contributed by atoms with E-state index in [0.717, 1.165) is 11.8 Å². The fourth-order valence-corrected chi connectivity index (χ4v) is 2.05. The smallest absolute Gasteiger partial charge is 0.387 e. The Morgan fingerprint density at radius 1 is 1.20 bits per heavy atom. The Kier molecular flexibility index (Phi) is 6.31. The molecule has 0 fully saturated rings. The van der Waals surface area contributed by atoms with Crippen LogP contribution in [0.25, 0.3) is 0 Å². The maximum atomic E-state index is 12.0. The molecule has 1 aromatic rings. The molecule has 0 spiro atoms. The number of hydrogen-bond donors (Lipinski definition) is 2. The number of benzene rings is 1. The lowest BCUT2D eigenvalue weighted by atomic mass is 10.1. The molecule has 2 N–H and O–H groups in total. The topological polar surface area (TPSA) is 67.4 Å². The largest absolute Gasteiger partial charge is 0.435 e.